The van der Waals surface area contributed by atoms with E-state index < -0.39 is 5.97 Å². The SMILES string of the molecule is Nc1c(Br)c(-c2ccc(C(=O)O)cc2O)nc2c(-c3ccc(C4C=CC=CC4)nc3)cnn12. The highest BCUT2D eigenvalue weighted by Crippen LogP contribution is 2.38. The molecule has 0 spiro atoms. The van der Waals surface area contributed by atoms with E-state index in [0.29, 0.717) is 27.2 Å². The van der Waals surface area contributed by atoms with E-state index in [9.17, 15) is 9.90 Å². The third kappa shape index (κ3) is 3.66. The lowest BCUT2D eigenvalue weighted by Gasteiger charge is -2.13. The number of aromatic hydroxyl groups is 1. The first kappa shape index (κ1) is 20.9. The third-order valence-corrected chi connectivity index (χ3v) is 6.36. The van der Waals surface area contributed by atoms with E-state index in [1.165, 1.54) is 22.7 Å². The summed E-state index contributed by atoms with van der Waals surface area (Å²) in [7, 11) is 0. The van der Waals surface area contributed by atoms with Crippen molar-refractivity contribution in [1.82, 2.24) is 19.6 Å². The highest BCUT2D eigenvalue weighted by atomic mass is 79.9. The number of rotatable bonds is 4. The fourth-order valence-corrected chi connectivity index (χ4v) is 4.30. The Morgan fingerprint density at radius 3 is 2.67 bits per heavy atom. The van der Waals surface area contributed by atoms with E-state index in [0.717, 1.165) is 23.2 Å². The molecule has 0 fully saturated rings. The van der Waals surface area contributed by atoms with Crippen LogP contribution in [0.3, 0.4) is 0 Å². The molecule has 0 bridgehead atoms. The van der Waals surface area contributed by atoms with Gasteiger partial charge in [0.25, 0.3) is 0 Å². The van der Waals surface area contributed by atoms with Gasteiger partial charge in [0.1, 0.15) is 11.6 Å². The van der Waals surface area contributed by atoms with Gasteiger partial charge in [0.05, 0.1) is 21.9 Å². The van der Waals surface area contributed by atoms with Crippen LogP contribution in [-0.4, -0.2) is 35.8 Å². The monoisotopic (exact) mass is 503 g/mol. The number of fused-ring (bicyclic) bond motifs is 1. The third-order valence-electron chi connectivity index (χ3n) is 5.58. The van der Waals surface area contributed by atoms with Crippen LogP contribution in [0, 0.1) is 0 Å². The number of anilines is 1. The van der Waals surface area contributed by atoms with Crippen LogP contribution in [0.4, 0.5) is 5.82 Å². The number of nitrogens with two attached hydrogens (primary N) is 1. The Morgan fingerprint density at radius 1 is 1.15 bits per heavy atom. The van der Waals surface area contributed by atoms with E-state index in [4.69, 9.17) is 15.8 Å². The van der Waals surface area contributed by atoms with E-state index in [1.54, 1.807) is 12.4 Å². The summed E-state index contributed by atoms with van der Waals surface area (Å²) in [6.45, 7) is 0. The van der Waals surface area contributed by atoms with Gasteiger partial charge in [0.2, 0.25) is 0 Å². The van der Waals surface area contributed by atoms with Crippen LogP contribution < -0.4 is 5.73 Å². The van der Waals surface area contributed by atoms with Gasteiger partial charge in [-0.3, -0.25) is 4.98 Å². The Hall–Kier alpha value is -3.98. The summed E-state index contributed by atoms with van der Waals surface area (Å²) in [5, 5.41) is 24.0. The van der Waals surface area contributed by atoms with E-state index in [-0.39, 0.29) is 17.2 Å². The normalized spacial score (nSPS) is 15.2. The minimum absolute atomic E-state index is 0.0269. The van der Waals surface area contributed by atoms with Crippen molar-refractivity contribution >= 4 is 33.4 Å². The Labute approximate surface area is 196 Å². The predicted octanol–water partition coefficient (Wildman–Crippen LogP) is 4.81. The largest absolute Gasteiger partial charge is 0.507 e. The van der Waals surface area contributed by atoms with Crippen molar-refractivity contribution in [2.45, 2.75) is 12.3 Å². The molecule has 0 radical (unpaired) electrons. The minimum Gasteiger partial charge on any atom is -0.507 e. The second-order valence-corrected chi connectivity index (χ2v) is 8.41. The van der Waals surface area contributed by atoms with E-state index >= 15 is 0 Å². The number of carbonyl (C=O) groups is 1. The molecule has 0 amide bonds. The van der Waals surface area contributed by atoms with Crippen LogP contribution in [0.1, 0.15) is 28.4 Å². The molecule has 4 aromatic rings. The van der Waals surface area contributed by atoms with Crippen LogP contribution in [0.15, 0.2) is 71.5 Å². The number of allylic oxidation sites excluding steroid dienone is 4. The number of carboxylic acids is 1. The van der Waals surface area contributed by atoms with Gasteiger partial charge in [-0.1, -0.05) is 30.4 Å². The minimum atomic E-state index is -1.13. The van der Waals surface area contributed by atoms with Gasteiger partial charge in [-0.15, -0.1) is 0 Å². The first-order valence-corrected chi connectivity index (χ1v) is 10.9. The van der Waals surface area contributed by atoms with Crippen molar-refractivity contribution in [3.63, 3.8) is 0 Å². The second-order valence-electron chi connectivity index (χ2n) is 7.62. The first-order chi connectivity index (χ1) is 15.9. The zero-order valence-electron chi connectivity index (χ0n) is 17.2. The molecule has 164 valence electrons. The standard InChI is InChI=1S/C24H18BrN5O3/c25-20-21(16-8-6-14(24(32)33)10-19(16)31)29-23-17(12-28-30(23)22(20)26)15-7-9-18(27-11-15)13-4-2-1-3-5-13/h1-4,6-13,31H,5,26H2,(H,32,33). The first-order valence-electron chi connectivity index (χ1n) is 10.1. The zero-order chi connectivity index (χ0) is 23.1. The predicted molar refractivity (Wildman–Crippen MR) is 128 cm³/mol. The molecule has 3 aromatic heterocycles. The lowest BCUT2D eigenvalue weighted by Crippen LogP contribution is -2.04. The molecule has 1 aliphatic carbocycles. The number of hydrogen-bond acceptors (Lipinski definition) is 6. The number of halogens is 1. The number of phenolic OH excluding ortho intramolecular Hbond substituents is 1. The zero-order valence-corrected chi connectivity index (χ0v) is 18.8. The average Bonchev–Trinajstić information content (AvgIpc) is 3.26. The molecule has 1 unspecified atom stereocenters. The van der Waals surface area contributed by atoms with Crippen LogP contribution >= 0.6 is 15.9 Å². The number of pyridine rings is 1. The average molecular weight is 504 g/mol. The molecule has 1 atom stereocenters. The molecule has 9 heteroatoms. The summed E-state index contributed by atoms with van der Waals surface area (Å²) >= 11 is 3.44. The lowest BCUT2D eigenvalue weighted by molar-refractivity contribution is 0.0696. The second kappa shape index (κ2) is 8.18. The van der Waals surface area contributed by atoms with Gasteiger partial charge in [-0.2, -0.15) is 9.61 Å². The summed E-state index contributed by atoms with van der Waals surface area (Å²) in [4.78, 5) is 20.6. The number of nitrogens with zero attached hydrogens (tertiary/aromatic N) is 4. The molecule has 1 aromatic carbocycles. The number of aromatic carboxylic acids is 1. The fraction of sp³-hybridized carbons (Fsp3) is 0.0833. The van der Waals surface area contributed by atoms with Crippen LogP contribution in [0.5, 0.6) is 5.75 Å². The Kier molecular flexibility index (Phi) is 5.18. The maximum Gasteiger partial charge on any atom is 0.335 e. The van der Waals surface area contributed by atoms with Gasteiger partial charge in [-0.05, 0) is 46.6 Å². The Bertz CT molecular complexity index is 1460. The van der Waals surface area contributed by atoms with Crippen molar-refractivity contribution < 1.29 is 15.0 Å². The molecule has 0 saturated carbocycles. The number of phenols is 1. The molecule has 0 aliphatic heterocycles. The van der Waals surface area contributed by atoms with Gasteiger partial charge >= 0.3 is 5.97 Å². The van der Waals surface area contributed by atoms with Gasteiger partial charge in [-0.25, -0.2) is 9.78 Å². The summed E-state index contributed by atoms with van der Waals surface area (Å²) in [5.41, 5.74) is 10.0. The number of nitrogen functional groups attached to an aromatic ring is 1. The van der Waals surface area contributed by atoms with E-state index in [2.05, 4.69) is 38.2 Å². The molecule has 3 heterocycles. The maximum atomic E-state index is 11.2. The number of hydrogen-bond donors (Lipinski definition) is 3. The number of carboxylic acid groups (broad SMARTS) is 1. The summed E-state index contributed by atoms with van der Waals surface area (Å²) in [6, 6.07) is 8.05. The lowest BCUT2D eigenvalue weighted by atomic mass is 9.96. The van der Waals surface area contributed by atoms with Crippen molar-refractivity contribution in [3.8, 4) is 28.1 Å². The molecular formula is C24H18BrN5O3. The van der Waals surface area contributed by atoms with Crippen molar-refractivity contribution in [2.75, 3.05) is 5.73 Å². The molecule has 5 rings (SSSR count). The quantitative estimate of drug-likeness (QED) is 0.364. The van der Waals surface area contributed by atoms with Crippen molar-refractivity contribution in [1.29, 1.82) is 0 Å². The summed E-state index contributed by atoms with van der Waals surface area (Å²) in [6.07, 6.45) is 12.7. The molecule has 33 heavy (non-hydrogen) atoms. The number of benzene rings is 1. The van der Waals surface area contributed by atoms with Gasteiger partial charge in [0, 0.05) is 34.5 Å². The maximum absolute atomic E-state index is 11.2. The molecule has 0 saturated heterocycles. The Balaban J connectivity index is 1.60. The smallest absolute Gasteiger partial charge is 0.335 e. The topological polar surface area (TPSA) is 127 Å². The molecule has 1 aliphatic rings. The Morgan fingerprint density at radius 2 is 2.00 bits per heavy atom. The van der Waals surface area contributed by atoms with Crippen LogP contribution in [0.25, 0.3) is 28.0 Å². The van der Waals surface area contributed by atoms with Gasteiger partial charge < -0.3 is 15.9 Å². The summed E-state index contributed by atoms with van der Waals surface area (Å²) < 4.78 is 1.95. The van der Waals surface area contributed by atoms with Crippen molar-refractivity contribution in [3.05, 3.63) is 82.8 Å². The highest BCUT2D eigenvalue weighted by molar-refractivity contribution is 9.10. The number of aromatic nitrogens is 4. The van der Waals surface area contributed by atoms with E-state index in [1.807, 2.05) is 24.3 Å². The fourth-order valence-electron chi connectivity index (χ4n) is 3.83. The van der Waals surface area contributed by atoms with Gasteiger partial charge in [0.15, 0.2) is 5.65 Å². The summed E-state index contributed by atoms with van der Waals surface area (Å²) in [5.74, 6) is -0.797. The molecule has 4 N–H and O–H groups in total. The molecular weight excluding hydrogens is 486 g/mol. The van der Waals surface area contributed by atoms with Crippen molar-refractivity contribution in [2.24, 2.45) is 0 Å². The molecule has 8 nitrogen and oxygen atoms in total. The van der Waals surface area contributed by atoms with Crippen LogP contribution in [-0.2, 0) is 0 Å². The highest BCUT2D eigenvalue weighted by Gasteiger charge is 2.20. The van der Waals surface area contributed by atoms with Crippen LogP contribution in [0.2, 0.25) is 0 Å².